The Labute approximate surface area is 183 Å². The highest BCUT2D eigenvalue weighted by atomic mass is 35.5. The molecule has 2 aliphatic carbocycles. The van der Waals surface area contributed by atoms with Crippen LogP contribution in [-0.4, -0.2) is 23.0 Å². The van der Waals surface area contributed by atoms with Gasteiger partial charge in [0.2, 0.25) is 0 Å². The van der Waals surface area contributed by atoms with E-state index in [-0.39, 0.29) is 35.5 Å². The summed E-state index contributed by atoms with van der Waals surface area (Å²) < 4.78 is 5.91. The second-order valence-corrected chi connectivity index (χ2v) is 8.71. The lowest BCUT2D eigenvalue weighted by Gasteiger charge is -2.13. The van der Waals surface area contributed by atoms with Crippen molar-refractivity contribution in [3.63, 3.8) is 0 Å². The number of ether oxygens (including phenoxy) is 1. The van der Waals surface area contributed by atoms with Gasteiger partial charge in [-0.1, -0.05) is 47.5 Å². The number of halogens is 2. The van der Waals surface area contributed by atoms with E-state index in [2.05, 4.69) is 17.3 Å². The summed E-state index contributed by atoms with van der Waals surface area (Å²) in [5, 5.41) is 6.38. The highest BCUT2D eigenvalue weighted by Gasteiger charge is 2.59. The Morgan fingerprint density at radius 2 is 1.70 bits per heavy atom. The number of hydrazone groups is 1. The minimum absolute atomic E-state index is 0.152. The molecule has 30 heavy (non-hydrogen) atoms. The second-order valence-electron chi connectivity index (χ2n) is 7.83. The summed E-state index contributed by atoms with van der Waals surface area (Å²) >= 11 is 12.2. The van der Waals surface area contributed by atoms with Gasteiger partial charge in [-0.05, 0) is 54.2 Å². The van der Waals surface area contributed by atoms with Crippen LogP contribution in [0.15, 0.2) is 59.7 Å². The van der Waals surface area contributed by atoms with Gasteiger partial charge in [-0.2, -0.15) is 10.1 Å². The maximum Gasteiger partial charge on any atom is 0.254 e. The lowest BCUT2D eigenvalue weighted by atomic mass is 9.85. The number of carbonyl (C=O) groups is 2. The highest BCUT2D eigenvalue weighted by Crippen LogP contribution is 2.52. The summed E-state index contributed by atoms with van der Waals surface area (Å²) in [4.78, 5) is 25.6. The number of rotatable bonds is 5. The molecule has 4 unspecified atom stereocenters. The van der Waals surface area contributed by atoms with E-state index >= 15 is 0 Å². The third-order valence-electron chi connectivity index (χ3n) is 6.01. The van der Waals surface area contributed by atoms with E-state index in [9.17, 15) is 9.59 Å². The van der Waals surface area contributed by atoms with Gasteiger partial charge in [0.15, 0.2) is 0 Å². The van der Waals surface area contributed by atoms with E-state index in [0.717, 1.165) is 17.0 Å². The molecule has 1 saturated carbocycles. The number of fused-ring (bicyclic) bond motifs is 5. The third-order valence-corrected chi connectivity index (χ3v) is 6.48. The number of benzene rings is 2. The van der Waals surface area contributed by atoms with Crippen LogP contribution in [-0.2, 0) is 16.2 Å². The van der Waals surface area contributed by atoms with Gasteiger partial charge in [0.05, 0.1) is 18.1 Å². The Kier molecular flexibility index (Phi) is 4.88. The Bertz CT molecular complexity index is 1070. The molecule has 0 aromatic heterocycles. The molecule has 2 amide bonds. The van der Waals surface area contributed by atoms with E-state index in [1.807, 2.05) is 18.2 Å². The van der Waals surface area contributed by atoms with Crippen molar-refractivity contribution in [1.82, 2.24) is 5.01 Å². The molecule has 2 fully saturated rings. The molecule has 5 rings (SSSR count). The molecule has 1 aliphatic heterocycles. The van der Waals surface area contributed by atoms with Gasteiger partial charge in [-0.25, -0.2) is 0 Å². The van der Waals surface area contributed by atoms with Crippen LogP contribution in [0.2, 0.25) is 10.0 Å². The molecule has 4 atom stereocenters. The summed E-state index contributed by atoms with van der Waals surface area (Å²) in [6.45, 7) is 0.309. The van der Waals surface area contributed by atoms with Crippen molar-refractivity contribution in [3.05, 3.63) is 75.8 Å². The zero-order chi connectivity index (χ0) is 20.8. The van der Waals surface area contributed by atoms with Crippen LogP contribution in [0.25, 0.3) is 0 Å². The Morgan fingerprint density at radius 3 is 2.40 bits per heavy atom. The average Bonchev–Trinajstić information content (AvgIpc) is 3.40. The molecule has 3 aliphatic rings. The van der Waals surface area contributed by atoms with E-state index < -0.39 is 0 Å². The Hall–Kier alpha value is -2.63. The number of amides is 2. The maximum absolute atomic E-state index is 12.8. The first kappa shape index (κ1) is 19.3. The van der Waals surface area contributed by atoms with Crippen molar-refractivity contribution >= 4 is 41.2 Å². The number of hydrogen-bond donors (Lipinski definition) is 0. The zero-order valence-electron chi connectivity index (χ0n) is 15.9. The lowest BCUT2D eigenvalue weighted by molar-refractivity contribution is -0.140. The molecule has 0 radical (unpaired) electrons. The van der Waals surface area contributed by atoms with Crippen LogP contribution in [0.3, 0.4) is 0 Å². The fourth-order valence-corrected chi connectivity index (χ4v) is 5.05. The molecule has 2 aromatic rings. The van der Waals surface area contributed by atoms with Crippen molar-refractivity contribution in [3.8, 4) is 5.75 Å². The molecule has 0 N–H and O–H groups in total. The van der Waals surface area contributed by atoms with Crippen LogP contribution in [0.4, 0.5) is 0 Å². The SMILES string of the molecule is O=C1C2C3C=CC(C3)C2C(=O)N1/N=C/c1cc(Cl)ccc1OCc1cccc(Cl)c1. The number of hydrogen-bond acceptors (Lipinski definition) is 4. The van der Waals surface area contributed by atoms with E-state index in [1.165, 1.54) is 6.21 Å². The summed E-state index contributed by atoms with van der Waals surface area (Å²) in [6, 6.07) is 12.5. The summed E-state index contributed by atoms with van der Waals surface area (Å²) in [5.41, 5.74) is 1.50. The van der Waals surface area contributed by atoms with Crippen molar-refractivity contribution < 1.29 is 14.3 Å². The average molecular weight is 441 g/mol. The van der Waals surface area contributed by atoms with Crippen molar-refractivity contribution in [2.75, 3.05) is 0 Å². The fourth-order valence-electron chi connectivity index (χ4n) is 4.66. The van der Waals surface area contributed by atoms with Crippen LogP contribution in [0, 0.1) is 23.7 Å². The summed E-state index contributed by atoms with van der Waals surface area (Å²) in [6.07, 6.45) is 6.47. The van der Waals surface area contributed by atoms with Gasteiger partial charge >= 0.3 is 0 Å². The summed E-state index contributed by atoms with van der Waals surface area (Å²) in [5.74, 6) is -0.142. The molecule has 2 bridgehead atoms. The third kappa shape index (κ3) is 3.32. The van der Waals surface area contributed by atoms with Gasteiger partial charge in [0.25, 0.3) is 11.8 Å². The van der Waals surface area contributed by atoms with Crippen molar-refractivity contribution in [1.29, 1.82) is 0 Å². The van der Waals surface area contributed by atoms with Gasteiger partial charge in [-0.15, -0.1) is 0 Å². The van der Waals surface area contributed by atoms with Crippen molar-refractivity contribution in [2.24, 2.45) is 28.8 Å². The van der Waals surface area contributed by atoms with E-state index in [0.29, 0.717) is 28.0 Å². The summed E-state index contributed by atoms with van der Waals surface area (Å²) in [7, 11) is 0. The smallest absolute Gasteiger partial charge is 0.254 e. The Morgan fingerprint density at radius 1 is 1.00 bits per heavy atom. The monoisotopic (exact) mass is 440 g/mol. The fraction of sp³-hybridized carbons (Fsp3) is 0.261. The Balaban J connectivity index is 1.36. The molecule has 2 aromatic carbocycles. The largest absolute Gasteiger partial charge is 0.488 e. The lowest BCUT2D eigenvalue weighted by Crippen LogP contribution is -2.28. The molecule has 1 heterocycles. The maximum atomic E-state index is 12.8. The predicted molar refractivity (Wildman–Crippen MR) is 114 cm³/mol. The molecule has 1 saturated heterocycles. The predicted octanol–water partition coefficient (Wildman–Crippen LogP) is 4.71. The van der Waals surface area contributed by atoms with Gasteiger partial charge in [-0.3, -0.25) is 9.59 Å². The minimum Gasteiger partial charge on any atom is -0.488 e. The van der Waals surface area contributed by atoms with Crippen LogP contribution >= 0.6 is 23.2 Å². The number of nitrogens with zero attached hydrogens (tertiary/aromatic N) is 2. The molecule has 152 valence electrons. The topological polar surface area (TPSA) is 59.0 Å². The molecular formula is C23H18Cl2N2O3. The normalized spacial score (nSPS) is 26.8. The van der Waals surface area contributed by atoms with Crippen LogP contribution in [0.5, 0.6) is 5.75 Å². The van der Waals surface area contributed by atoms with E-state index in [4.69, 9.17) is 27.9 Å². The highest BCUT2D eigenvalue weighted by molar-refractivity contribution is 6.31. The van der Waals surface area contributed by atoms with Gasteiger partial charge < -0.3 is 4.74 Å². The molecule has 7 heteroatoms. The standard InChI is InChI=1S/C23H18Cl2N2O3/c24-17-3-1-2-13(8-17)12-30-19-7-6-18(25)10-16(19)11-26-27-22(28)20-14-4-5-15(9-14)21(20)23(27)29/h1-8,10-11,14-15,20-21H,9,12H2/b26-11+. The first-order chi connectivity index (χ1) is 14.5. The molecular weight excluding hydrogens is 423 g/mol. The first-order valence-electron chi connectivity index (χ1n) is 9.78. The van der Waals surface area contributed by atoms with Crippen molar-refractivity contribution in [2.45, 2.75) is 13.0 Å². The number of carbonyl (C=O) groups excluding carboxylic acids is 2. The molecule has 5 nitrogen and oxygen atoms in total. The second kappa shape index (κ2) is 7.56. The number of allylic oxidation sites excluding steroid dienone is 2. The zero-order valence-corrected chi connectivity index (χ0v) is 17.4. The van der Waals surface area contributed by atoms with E-state index in [1.54, 1.807) is 24.3 Å². The quantitative estimate of drug-likeness (QED) is 0.384. The van der Waals surface area contributed by atoms with Gasteiger partial charge in [0, 0.05) is 15.6 Å². The van der Waals surface area contributed by atoms with Crippen LogP contribution < -0.4 is 4.74 Å². The molecule has 0 spiro atoms. The minimum atomic E-state index is -0.275. The first-order valence-corrected chi connectivity index (χ1v) is 10.5. The number of imide groups is 1. The van der Waals surface area contributed by atoms with Gasteiger partial charge in [0.1, 0.15) is 12.4 Å². The van der Waals surface area contributed by atoms with Crippen LogP contribution in [0.1, 0.15) is 17.5 Å².